The number of nitrogens with two attached hydrogens (primary N) is 1. The molecule has 13 heavy (non-hydrogen) atoms. The lowest BCUT2D eigenvalue weighted by molar-refractivity contribution is 0.918. The number of rotatable bonds is 2. The van der Waals surface area contributed by atoms with Gasteiger partial charge in [-0.1, -0.05) is 11.6 Å². The van der Waals surface area contributed by atoms with Gasteiger partial charge in [0.25, 0.3) is 0 Å². The van der Waals surface area contributed by atoms with Gasteiger partial charge in [0.1, 0.15) is 0 Å². The van der Waals surface area contributed by atoms with Crippen molar-refractivity contribution in [3.63, 3.8) is 0 Å². The summed E-state index contributed by atoms with van der Waals surface area (Å²) < 4.78 is 0.834. The summed E-state index contributed by atoms with van der Waals surface area (Å²) in [4.78, 5) is 4.46. The van der Waals surface area contributed by atoms with E-state index in [-0.39, 0.29) is 0 Å². The Morgan fingerprint density at radius 2 is 2.31 bits per heavy atom. The summed E-state index contributed by atoms with van der Waals surface area (Å²) >= 11 is 9.40. The zero-order valence-corrected chi connectivity index (χ0v) is 9.40. The third-order valence-electron chi connectivity index (χ3n) is 2.19. The van der Waals surface area contributed by atoms with Gasteiger partial charge in [-0.25, -0.2) is 0 Å². The monoisotopic (exact) mass is 260 g/mol. The normalized spacial score (nSPS) is 16.2. The zero-order chi connectivity index (χ0) is 9.42. The molecule has 2 nitrogen and oxygen atoms in total. The molecule has 1 aromatic rings. The average molecular weight is 262 g/mol. The van der Waals surface area contributed by atoms with Gasteiger partial charge in [-0.2, -0.15) is 0 Å². The number of hydrogen-bond acceptors (Lipinski definition) is 2. The Morgan fingerprint density at radius 3 is 2.85 bits per heavy atom. The van der Waals surface area contributed by atoms with Gasteiger partial charge in [-0.05, 0) is 34.8 Å². The van der Waals surface area contributed by atoms with E-state index in [0.29, 0.717) is 12.5 Å². The van der Waals surface area contributed by atoms with Gasteiger partial charge in [-0.15, -0.1) is 0 Å². The van der Waals surface area contributed by atoms with Crippen LogP contribution in [0.3, 0.4) is 0 Å². The predicted octanol–water partition coefficient (Wildman–Crippen LogP) is 2.83. The maximum atomic E-state index is 6.03. The molecule has 1 aliphatic rings. The van der Waals surface area contributed by atoms with Crippen LogP contribution in [0.5, 0.6) is 0 Å². The van der Waals surface area contributed by atoms with Crippen molar-refractivity contribution in [2.75, 3.05) is 0 Å². The smallest absolute Gasteiger partial charge is 0.0699 e. The van der Waals surface area contributed by atoms with E-state index in [1.165, 1.54) is 12.8 Å². The second-order valence-corrected chi connectivity index (χ2v) is 4.47. The van der Waals surface area contributed by atoms with Gasteiger partial charge < -0.3 is 5.73 Å². The maximum Gasteiger partial charge on any atom is 0.0699 e. The molecule has 0 atom stereocenters. The molecule has 1 aromatic heterocycles. The summed E-state index contributed by atoms with van der Waals surface area (Å²) in [6.45, 7) is 0.431. The number of hydrogen-bond donors (Lipinski definition) is 1. The molecule has 1 fully saturated rings. The first-order chi connectivity index (χ1) is 6.22. The van der Waals surface area contributed by atoms with Crippen LogP contribution in [0.25, 0.3) is 0 Å². The molecule has 0 unspecified atom stereocenters. The molecule has 70 valence electrons. The van der Waals surface area contributed by atoms with Gasteiger partial charge in [0.05, 0.1) is 15.2 Å². The first-order valence-electron chi connectivity index (χ1n) is 4.27. The molecule has 0 bridgehead atoms. The van der Waals surface area contributed by atoms with E-state index in [9.17, 15) is 0 Å². The summed E-state index contributed by atoms with van der Waals surface area (Å²) in [7, 11) is 0. The van der Waals surface area contributed by atoms with Crippen LogP contribution in [-0.2, 0) is 6.54 Å². The topological polar surface area (TPSA) is 38.9 Å². The fourth-order valence-electron chi connectivity index (χ4n) is 1.29. The first kappa shape index (κ1) is 9.44. The molecule has 0 aliphatic heterocycles. The van der Waals surface area contributed by atoms with Gasteiger partial charge in [-0.3, -0.25) is 4.98 Å². The maximum absolute atomic E-state index is 6.03. The molecule has 0 radical (unpaired) electrons. The minimum absolute atomic E-state index is 0.431. The van der Waals surface area contributed by atoms with Crippen molar-refractivity contribution in [2.45, 2.75) is 25.3 Å². The van der Waals surface area contributed by atoms with Crippen LogP contribution >= 0.6 is 27.5 Å². The van der Waals surface area contributed by atoms with E-state index in [0.717, 1.165) is 20.9 Å². The molecule has 0 saturated heterocycles. The molecular formula is C9H10BrClN2. The molecule has 1 aliphatic carbocycles. The zero-order valence-electron chi connectivity index (χ0n) is 7.06. The molecule has 0 spiro atoms. The molecular weight excluding hydrogens is 251 g/mol. The van der Waals surface area contributed by atoms with Crippen LogP contribution in [0.1, 0.15) is 30.1 Å². The van der Waals surface area contributed by atoms with Crippen molar-refractivity contribution >= 4 is 27.5 Å². The van der Waals surface area contributed by atoms with Gasteiger partial charge in [0.2, 0.25) is 0 Å². The second kappa shape index (κ2) is 3.56. The van der Waals surface area contributed by atoms with E-state index >= 15 is 0 Å². The summed E-state index contributed by atoms with van der Waals surface area (Å²) in [6.07, 6.45) is 2.46. The first-order valence-corrected chi connectivity index (χ1v) is 5.44. The lowest BCUT2D eigenvalue weighted by Gasteiger charge is -2.06. The van der Waals surface area contributed by atoms with Crippen molar-refractivity contribution in [2.24, 2.45) is 5.73 Å². The van der Waals surface area contributed by atoms with Gasteiger partial charge in [0.15, 0.2) is 0 Å². The van der Waals surface area contributed by atoms with Crippen LogP contribution in [0.15, 0.2) is 10.5 Å². The highest BCUT2D eigenvalue weighted by molar-refractivity contribution is 9.10. The van der Waals surface area contributed by atoms with Crippen LogP contribution in [0, 0.1) is 0 Å². The SMILES string of the molecule is NCc1nc(C2CC2)cc(Cl)c1Br. The van der Waals surface area contributed by atoms with E-state index in [1.807, 2.05) is 6.07 Å². The molecule has 1 saturated carbocycles. The van der Waals surface area contributed by atoms with Crippen LogP contribution in [0.2, 0.25) is 5.02 Å². The number of halogens is 2. The minimum Gasteiger partial charge on any atom is -0.325 e. The minimum atomic E-state index is 0.431. The molecule has 4 heteroatoms. The number of aromatic nitrogens is 1. The fraction of sp³-hybridized carbons (Fsp3) is 0.444. The van der Waals surface area contributed by atoms with Crippen molar-refractivity contribution in [3.05, 3.63) is 26.9 Å². The predicted molar refractivity (Wildman–Crippen MR) is 56.8 cm³/mol. The Hall–Kier alpha value is -0.120. The Labute approximate surface area is 90.6 Å². The fourth-order valence-corrected chi connectivity index (χ4v) is 1.88. The number of nitrogens with zero attached hydrogens (tertiary/aromatic N) is 1. The summed E-state index contributed by atoms with van der Waals surface area (Å²) in [5, 5.41) is 0.720. The average Bonchev–Trinajstić information content (AvgIpc) is 2.92. The third kappa shape index (κ3) is 1.87. The Balaban J connectivity index is 2.43. The lowest BCUT2D eigenvalue weighted by atomic mass is 10.2. The molecule has 0 amide bonds. The molecule has 2 N–H and O–H groups in total. The second-order valence-electron chi connectivity index (χ2n) is 3.27. The van der Waals surface area contributed by atoms with E-state index in [4.69, 9.17) is 17.3 Å². The van der Waals surface area contributed by atoms with E-state index < -0.39 is 0 Å². The standard InChI is InChI=1S/C9H10BrClN2/c10-9-6(11)3-7(5-1-2-5)13-8(9)4-12/h3,5H,1-2,4,12H2. The van der Waals surface area contributed by atoms with Crippen molar-refractivity contribution in [1.82, 2.24) is 4.98 Å². The quantitative estimate of drug-likeness (QED) is 0.889. The van der Waals surface area contributed by atoms with Crippen molar-refractivity contribution < 1.29 is 0 Å². The molecule has 0 aromatic carbocycles. The molecule has 2 rings (SSSR count). The summed E-state index contributed by atoms with van der Waals surface area (Å²) in [5.41, 5.74) is 7.51. The van der Waals surface area contributed by atoms with Crippen LogP contribution in [-0.4, -0.2) is 4.98 Å². The van der Waals surface area contributed by atoms with Crippen molar-refractivity contribution in [1.29, 1.82) is 0 Å². The Morgan fingerprint density at radius 1 is 1.62 bits per heavy atom. The summed E-state index contributed by atoms with van der Waals surface area (Å²) in [6, 6.07) is 1.93. The Bertz CT molecular complexity index is 337. The van der Waals surface area contributed by atoms with Crippen LogP contribution in [0.4, 0.5) is 0 Å². The largest absolute Gasteiger partial charge is 0.325 e. The van der Waals surface area contributed by atoms with Crippen LogP contribution < -0.4 is 5.73 Å². The van der Waals surface area contributed by atoms with E-state index in [2.05, 4.69) is 20.9 Å². The van der Waals surface area contributed by atoms with Crippen molar-refractivity contribution in [3.8, 4) is 0 Å². The third-order valence-corrected chi connectivity index (χ3v) is 3.60. The van der Waals surface area contributed by atoms with Gasteiger partial charge in [0, 0.05) is 18.2 Å². The highest BCUT2D eigenvalue weighted by Crippen LogP contribution is 2.41. The highest BCUT2D eigenvalue weighted by Gasteiger charge is 2.26. The number of pyridine rings is 1. The van der Waals surface area contributed by atoms with E-state index in [1.54, 1.807) is 0 Å². The Kier molecular flexibility index (Phi) is 2.58. The molecule has 1 heterocycles. The van der Waals surface area contributed by atoms with Gasteiger partial charge >= 0.3 is 0 Å². The summed E-state index contributed by atoms with van der Waals surface area (Å²) in [5.74, 6) is 0.621. The highest BCUT2D eigenvalue weighted by atomic mass is 79.9. The lowest BCUT2D eigenvalue weighted by Crippen LogP contribution is -2.03.